The number of esters is 1. The number of amides is 1. The van der Waals surface area contributed by atoms with Gasteiger partial charge in [0, 0.05) is 21.6 Å². The fourth-order valence-electron chi connectivity index (χ4n) is 4.20. The highest BCUT2D eigenvalue weighted by molar-refractivity contribution is 9.10. The third-order valence-electron chi connectivity index (χ3n) is 5.72. The Morgan fingerprint density at radius 3 is 2.45 bits per heavy atom. The third-order valence-corrected chi connectivity index (χ3v) is 6.21. The summed E-state index contributed by atoms with van der Waals surface area (Å²) in [5.74, 6) is -1.27. The first-order chi connectivity index (χ1) is 15.7. The maximum atomic E-state index is 14.5. The predicted octanol–water partition coefficient (Wildman–Crippen LogP) is 5.87. The van der Waals surface area contributed by atoms with E-state index in [1.807, 2.05) is 38.1 Å². The second kappa shape index (κ2) is 8.83. The highest BCUT2D eigenvalue weighted by Gasteiger charge is 2.38. The Bertz CT molecular complexity index is 1350. The zero-order valence-corrected chi connectivity index (χ0v) is 20.2. The van der Waals surface area contributed by atoms with Crippen LogP contribution in [0.15, 0.2) is 75.9 Å². The van der Waals surface area contributed by atoms with Crippen LogP contribution >= 0.6 is 15.9 Å². The van der Waals surface area contributed by atoms with Gasteiger partial charge in [-0.1, -0.05) is 34.1 Å². The molecular formula is C26H22BrFN2O3. The van der Waals surface area contributed by atoms with E-state index in [1.165, 1.54) is 18.1 Å². The summed E-state index contributed by atoms with van der Waals surface area (Å²) in [4.78, 5) is 27.7. The van der Waals surface area contributed by atoms with E-state index in [2.05, 4.69) is 15.9 Å². The van der Waals surface area contributed by atoms with Gasteiger partial charge < -0.3 is 9.30 Å². The maximum Gasteiger partial charge on any atom is 0.340 e. The number of para-hydroxylation sites is 1. The molecule has 4 rings (SSSR count). The van der Waals surface area contributed by atoms with Crippen molar-refractivity contribution in [2.45, 2.75) is 20.8 Å². The van der Waals surface area contributed by atoms with Crippen LogP contribution in [0.25, 0.3) is 11.8 Å². The maximum absolute atomic E-state index is 14.5. The molecule has 0 N–H and O–H groups in total. The molecule has 33 heavy (non-hydrogen) atoms. The summed E-state index contributed by atoms with van der Waals surface area (Å²) in [6, 6.07) is 15.7. The van der Waals surface area contributed by atoms with Gasteiger partial charge in [-0.3, -0.25) is 9.69 Å². The molecule has 2 aromatic carbocycles. The highest BCUT2D eigenvalue weighted by atomic mass is 79.9. The number of hydrogen-bond donors (Lipinski definition) is 0. The highest BCUT2D eigenvalue weighted by Crippen LogP contribution is 2.37. The minimum absolute atomic E-state index is 0.207. The predicted molar refractivity (Wildman–Crippen MR) is 130 cm³/mol. The van der Waals surface area contributed by atoms with Crippen molar-refractivity contribution in [2.24, 2.45) is 0 Å². The van der Waals surface area contributed by atoms with Crippen LogP contribution in [0.4, 0.5) is 10.1 Å². The van der Waals surface area contributed by atoms with Gasteiger partial charge in [0.2, 0.25) is 0 Å². The monoisotopic (exact) mass is 508 g/mol. The van der Waals surface area contributed by atoms with E-state index in [0.29, 0.717) is 22.6 Å². The minimum atomic E-state index is -0.590. The number of nitrogens with zero attached hydrogens (tertiary/aromatic N) is 2. The van der Waals surface area contributed by atoms with Gasteiger partial charge in [-0.05, 0) is 68.8 Å². The van der Waals surface area contributed by atoms with Crippen LogP contribution in [0.5, 0.6) is 0 Å². The molecule has 1 aliphatic heterocycles. The molecule has 0 aliphatic carbocycles. The number of rotatable bonds is 4. The number of anilines is 1. The van der Waals surface area contributed by atoms with E-state index in [4.69, 9.17) is 4.74 Å². The molecule has 168 valence electrons. The zero-order chi connectivity index (χ0) is 23.9. The van der Waals surface area contributed by atoms with Crippen LogP contribution in [0.3, 0.4) is 0 Å². The number of halogens is 2. The number of ether oxygens (including phenoxy) is 1. The minimum Gasteiger partial charge on any atom is -0.465 e. The normalized spacial score (nSPS) is 15.0. The number of allylic oxidation sites excluding steroid dienone is 1. The van der Waals surface area contributed by atoms with Crippen molar-refractivity contribution < 1.29 is 18.7 Å². The molecule has 0 saturated carbocycles. The van der Waals surface area contributed by atoms with Crippen LogP contribution in [0.1, 0.15) is 23.9 Å². The van der Waals surface area contributed by atoms with Crippen LogP contribution in [0.2, 0.25) is 0 Å². The van der Waals surface area contributed by atoms with E-state index in [9.17, 15) is 14.0 Å². The van der Waals surface area contributed by atoms with Gasteiger partial charge in [-0.15, -0.1) is 0 Å². The Labute approximate surface area is 199 Å². The van der Waals surface area contributed by atoms with Crippen molar-refractivity contribution in [3.8, 4) is 5.69 Å². The van der Waals surface area contributed by atoms with Gasteiger partial charge in [0.15, 0.2) is 0 Å². The summed E-state index contributed by atoms with van der Waals surface area (Å²) < 4.78 is 22.1. The molecule has 0 fully saturated rings. The van der Waals surface area contributed by atoms with Crippen molar-refractivity contribution in [3.05, 3.63) is 98.7 Å². The molecule has 0 spiro atoms. The topological polar surface area (TPSA) is 51.5 Å². The lowest BCUT2D eigenvalue weighted by Crippen LogP contribution is -2.24. The number of benzene rings is 2. The summed E-state index contributed by atoms with van der Waals surface area (Å²) in [6.07, 6.45) is 1.68. The first-order valence-corrected chi connectivity index (χ1v) is 11.1. The van der Waals surface area contributed by atoms with E-state index in [1.54, 1.807) is 41.8 Å². The molecule has 2 heterocycles. The van der Waals surface area contributed by atoms with E-state index >= 15 is 0 Å². The lowest BCUT2D eigenvalue weighted by atomic mass is 10.0. The Hall–Kier alpha value is -3.45. The summed E-state index contributed by atoms with van der Waals surface area (Å²) in [5, 5.41) is 0. The second-order valence-electron chi connectivity index (χ2n) is 7.74. The number of aryl methyl sites for hydroxylation is 1. The number of carbonyl (C=O) groups excluding carboxylic acids is 2. The van der Waals surface area contributed by atoms with E-state index < -0.39 is 5.97 Å². The lowest BCUT2D eigenvalue weighted by Gasteiger charge is -2.18. The molecule has 0 saturated heterocycles. The lowest BCUT2D eigenvalue weighted by molar-refractivity contribution is -0.136. The largest absolute Gasteiger partial charge is 0.465 e. The molecule has 0 bridgehead atoms. The number of methoxy groups -OCH3 is 1. The molecule has 1 aliphatic rings. The molecular weight excluding hydrogens is 487 g/mol. The average molecular weight is 509 g/mol. The quantitative estimate of drug-likeness (QED) is 0.327. The molecule has 1 aromatic heterocycles. The summed E-state index contributed by atoms with van der Waals surface area (Å²) in [7, 11) is 1.29. The van der Waals surface area contributed by atoms with Gasteiger partial charge in [0.05, 0.1) is 29.6 Å². The number of hydrogen-bond acceptors (Lipinski definition) is 3. The molecule has 0 unspecified atom stereocenters. The van der Waals surface area contributed by atoms with Crippen molar-refractivity contribution >= 4 is 39.6 Å². The molecule has 7 heteroatoms. The Morgan fingerprint density at radius 2 is 1.79 bits per heavy atom. The average Bonchev–Trinajstić information content (AvgIpc) is 3.20. The van der Waals surface area contributed by atoms with Gasteiger partial charge in [-0.2, -0.15) is 0 Å². The first-order valence-electron chi connectivity index (χ1n) is 10.3. The van der Waals surface area contributed by atoms with Gasteiger partial charge in [0.1, 0.15) is 5.82 Å². The van der Waals surface area contributed by atoms with Crippen LogP contribution in [-0.4, -0.2) is 23.6 Å². The fraction of sp³-hybridized carbons (Fsp3) is 0.154. The molecule has 3 aromatic rings. The zero-order valence-electron chi connectivity index (χ0n) is 18.6. The SMILES string of the molecule is COC(=O)C1=C(C)N(c2cccc(Br)c2)C(=O)/C1=C\c1cc(C)n(-c2ccccc2F)c1C. The van der Waals surface area contributed by atoms with Crippen LogP contribution in [-0.2, 0) is 14.3 Å². The molecule has 0 radical (unpaired) electrons. The van der Waals surface area contributed by atoms with E-state index in [-0.39, 0.29) is 22.9 Å². The Balaban J connectivity index is 1.87. The Morgan fingerprint density at radius 1 is 1.06 bits per heavy atom. The van der Waals surface area contributed by atoms with Crippen molar-refractivity contribution in [1.82, 2.24) is 4.57 Å². The third kappa shape index (κ3) is 3.93. The van der Waals surface area contributed by atoms with Gasteiger partial charge >= 0.3 is 5.97 Å². The summed E-state index contributed by atoms with van der Waals surface area (Å²) >= 11 is 3.43. The first kappa shape index (κ1) is 22.7. The van der Waals surface area contributed by atoms with Crippen LogP contribution in [0, 0.1) is 19.7 Å². The van der Waals surface area contributed by atoms with Crippen molar-refractivity contribution in [2.75, 3.05) is 12.0 Å². The number of carbonyl (C=O) groups is 2. The number of aromatic nitrogens is 1. The fourth-order valence-corrected chi connectivity index (χ4v) is 4.59. The molecule has 0 atom stereocenters. The smallest absolute Gasteiger partial charge is 0.340 e. The van der Waals surface area contributed by atoms with Gasteiger partial charge in [0.25, 0.3) is 5.91 Å². The second-order valence-corrected chi connectivity index (χ2v) is 8.66. The van der Waals surface area contributed by atoms with E-state index in [0.717, 1.165) is 15.9 Å². The van der Waals surface area contributed by atoms with Crippen molar-refractivity contribution in [1.29, 1.82) is 0 Å². The molecule has 1 amide bonds. The molecule has 5 nitrogen and oxygen atoms in total. The van der Waals surface area contributed by atoms with Crippen molar-refractivity contribution in [3.63, 3.8) is 0 Å². The Kier molecular flexibility index (Phi) is 6.08. The summed E-state index contributed by atoms with van der Waals surface area (Å²) in [6.45, 7) is 5.44. The summed E-state index contributed by atoms with van der Waals surface area (Å²) in [5.41, 5.74) is 4.24. The standard InChI is InChI=1S/C26H22BrFN2O3/c1-15-12-18(16(2)29(15)23-11-6-5-10-22(23)28)13-21-24(26(32)33-4)17(3)30(25(21)31)20-9-7-8-19(27)14-20/h5-14H,1-4H3/b21-13-. The van der Waals surface area contributed by atoms with Gasteiger partial charge in [-0.25, -0.2) is 9.18 Å². The van der Waals surface area contributed by atoms with Crippen LogP contribution < -0.4 is 4.90 Å².